The summed E-state index contributed by atoms with van der Waals surface area (Å²) < 4.78 is 11.9. The van der Waals surface area contributed by atoms with Crippen molar-refractivity contribution in [3.8, 4) is 5.75 Å². The normalized spacial score (nSPS) is 15.6. The van der Waals surface area contributed by atoms with Crippen LogP contribution >= 0.6 is 0 Å². The van der Waals surface area contributed by atoms with Crippen LogP contribution in [0, 0.1) is 20.8 Å². The van der Waals surface area contributed by atoms with E-state index in [0.717, 1.165) is 35.4 Å². The van der Waals surface area contributed by atoms with Gasteiger partial charge in [-0.3, -0.25) is 4.90 Å². The summed E-state index contributed by atoms with van der Waals surface area (Å²) in [5.74, 6) is 1.16. The summed E-state index contributed by atoms with van der Waals surface area (Å²) in [4.78, 5) is 13.6. The van der Waals surface area contributed by atoms with Gasteiger partial charge in [0.1, 0.15) is 17.9 Å². The Hall–Kier alpha value is -3.37. The van der Waals surface area contributed by atoms with Crippen LogP contribution in [0.4, 0.5) is 0 Å². The lowest BCUT2D eigenvalue weighted by molar-refractivity contribution is -0.933. The molecule has 32 heavy (non-hydrogen) atoms. The standard InChI is InChI=1S/C28H27NO3/c1-18-19(2)28(30)32-27-20(3)26-23(14-24(18)27)15-29(17-31-26)16-25(21-10-6-4-7-11-21)22-12-8-5-9-13-22/h4-14,25H,15-17H2,1-3H3/p+1. The molecule has 1 unspecified atom stereocenters. The second-order valence-electron chi connectivity index (χ2n) is 8.80. The van der Waals surface area contributed by atoms with E-state index in [9.17, 15) is 4.79 Å². The molecule has 0 spiro atoms. The Morgan fingerprint density at radius 2 is 1.50 bits per heavy atom. The fourth-order valence-electron chi connectivity index (χ4n) is 4.83. The highest BCUT2D eigenvalue weighted by Crippen LogP contribution is 2.34. The molecule has 0 amide bonds. The van der Waals surface area contributed by atoms with Crippen molar-refractivity contribution in [2.45, 2.75) is 33.2 Å². The van der Waals surface area contributed by atoms with Gasteiger partial charge in [-0.25, -0.2) is 4.79 Å². The number of fused-ring (bicyclic) bond motifs is 2. The molecule has 5 rings (SSSR count). The Morgan fingerprint density at radius 3 is 2.12 bits per heavy atom. The first-order chi connectivity index (χ1) is 15.5. The molecule has 4 aromatic rings. The van der Waals surface area contributed by atoms with Crippen LogP contribution in [0.15, 0.2) is 75.9 Å². The molecule has 1 N–H and O–H groups in total. The number of ether oxygens (including phenoxy) is 1. The first-order valence-corrected chi connectivity index (χ1v) is 11.2. The lowest BCUT2D eigenvalue weighted by atomic mass is 9.90. The Morgan fingerprint density at radius 1 is 0.875 bits per heavy atom. The number of hydrogen-bond donors (Lipinski definition) is 1. The average Bonchev–Trinajstić information content (AvgIpc) is 2.83. The van der Waals surface area contributed by atoms with Gasteiger partial charge in [-0.05, 0) is 43.5 Å². The third kappa shape index (κ3) is 3.61. The second kappa shape index (κ2) is 8.29. The molecule has 4 nitrogen and oxygen atoms in total. The van der Waals surface area contributed by atoms with Gasteiger partial charge in [-0.15, -0.1) is 0 Å². The molecule has 1 aromatic heterocycles. The largest absolute Gasteiger partial charge is 0.444 e. The Kier molecular flexibility index (Phi) is 5.32. The van der Waals surface area contributed by atoms with Crippen molar-refractivity contribution in [3.05, 3.63) is 111 Å². The maximum absolute atomic E-state index is 12.2. The second-order valence-corrected chi connectivity index (χ2v) is 8.80. The Bertz CT molecular complexity index is 1290. The lowest BCUT2D eigenvalue weighted by Crippen LogP contribution is -3.12. The third-order valence-corrected chi connectivity index (χ3v) is 6.76. The highest BCUT2D eigenvalue weighted by atomic mass is 16.5. The zero-order valence-electron chi connectivity index (χ0n) is 18.8. The van der Waals surface area contributed by atoms with Gasteiger partial charge >= 0.3 is 5.63 Å². The minimum absolute atomic E-state index is 0.269. The summed E-state index contributed by atoms with van der Waals surface area (Å²) in [6.07, 6.45) is 0. The monoisotopic (exact) mass is 426 g/mol. The highest BCUT2D eigenvalue weighted by molar-refractivity contribution is 5.86. The van der Waals surface area contributed by atoms with E-state index < -0.39 is 0 Å². The molecule has 1 aliphatic heterocycles. The minimum Gasteiger partial charge on any atom is -0.444 e. The molecule has 0 saturated carbocycles. The van der Waals surface area contributed by atoms with E-state index in [4.69, 9.17) is 9.15 Å². The van der Waals surface area contributed by atoms with E-state index in [1.807, 2.05) is 20.8 Å². The van der Waals surface area contributed by atoms with Gasteiger partial charge in [0.2, 0.25) is 6.73 Å². The minimum atomic E-state index is -0.269. The summed E-state index contributed by atoms with van der Waals surface area (Å²) in [6, 6.07) is 23.6. The molecular weight excluding hydrogens is 398 g/mol. The van der Waals surface area contributed by atoms with Crippen molar-refractivity contribution in [1.29, 1.82) is 0 Å². The van der Waals surface area contributed by atoms with Gasteiger partial charge in [0.25, 0.3) is 0 Å². The number of aryl methyl sites for hydroxylation is 2. The zero-order valence-corrected chi connectivity index (χ0v) is 18.8. The summed E-state index contributed by atoms with van der Waals surface area (Å²) in [5.41, 5.74) is 6.76. The predicted octanol–water partition coefficient (Wildman–Crippen LogP) is 4.29. The van der Waals surface area contributed by atoms with Gasteiger partial charge in [0.15, 0.2) is 0 Å². The molecule has 0 radical (unpaired) electrons. The molecule has 0 aliphatic carbocycles. The highest BCUT2D eigenvalue weighted by Gasteiger charge is 2.28. The fraction of sp³-hybridized carbons (Fsp3) is 0.250. The molecule has 0 bridgehead atoms. The van der Waals surface area contributed by atoms with Crippen LogP contribution in [0.5, 0.6) is 5.75 Å². The summed E-state index contributed by atoms with van der Waals surface area (Å²) in [7, 11) is 0. The van der Waals surface area contributed by atoms with E-state index in [2.05, 4.69) is 66.7 Å². The molecule has 3 aromatic carbocycles. The average molecular weight is 427 g/mol. The van der Waals surface area contributed by atoms with E-state index >= 15 is 0 Å². The van der Waals surface area contributed by atoms with Crippen molar-refractivity contribution in [1.82, 2.24) is 0 Å². The van der Waals surface area contributed by atoms with Crippen LogP contribution in [-0.2, 0) is 6.54 Å². The summed E-state index contributed by atoms with van der Waals surface area (Å²) in [6.45, 7) is 8.21. The van der Waals surface area contributed by atoms with E-state index in [0.29, 0.717) is 23.8 Å². The molecule has 0 saturated heterocycles. The van der Waals surface area contributed by atoms with Crippen LogP contribution in [0.3, 0.4) is 0 Å². The zero-order chi connectivity index (χ0) is 22.2. The molecule has 1 atom stereocenters. The van der Waals surface area contributed by atoms with Gasteiger partial charge in [0, 0.05) is 22.1 Å². The van der Waals surface area contributed by atoms with Crippen LogP contribution < -0.4 is 15.3 Å². The van der Waals surface area contributed by atoms with Crippen molar-refractivity contribution in [2.75, 3.05) is 13.3 Å². The first kappa shape index (κ1) is 20.5. The van der Waals surface area contributed by atoms with E-state index in [-0.39, 0.29) is 5.63 Å². The lowest BCUT2D eigenvalue weighted by Gasteiger charge is -2.30. The van der Waals surface area contributed by atoms with Crippen LogP contribution in [-0.4, -0.2) is 13.3 Å². The van der Waals surface area contributed by atoms with Gasteiger partial charge < -0.3 is 9.15 Å². The molecule has 4 heteroatoms. The summed E-state index contributed by atoms with van der Waals surface area (Å²) >= 11 is 0. The van der Waals surface area contributed by atoms with Crippen molar-refractivity contribution < 1.29 is 14.1 Å². The molecule has 0 fully saturated rings. The third-order valence-electron chi connectivity index (χ3n) is 6.76. The Balaban J connectivity index is 1.50. The van der Waals surface area contributed by atoms with Gasteiger partial charge in [0.05, 0.1) is 12.5 Å². The van der Waals surface area contributed by atoms with E-state index in [1.165, 1.54) is 21.6 Å². The van der Waals surface area contributed by atoms with Gasteiger partial charge in [-0.1, -0.05) is 60.7 Å². The SMILES string of the molecule is Cc1c(C)c2cc3c(c(C)c2oc1=O)OC[NH+](CC(c1ccccc1)c1ccccc1)C3. The smallest absolute Gasteiger partial charge is 0.339 e. The van der Waals surface area contributed by atoms with E-state index in [1.54, 1.807) is 0 Å². The Labute approximate surface area is 188 Å². The number of nitrogens with one attached hydrogen (secondary N) is 1. The predicted molar refractivity (Wildman–Crippen MR) is 126 cm³/mol. The molecule has 162 valence electrons. The summed E-state index contributed by atoms with van der Waals surface area (Å²) in [5, 5.41) is 1.01. The fourth-order valence-corrected chi connectivity index (χ4v) is 4.83. The van der Waals surface area contributed by atoms with Crippen LogP contribution in [0.1, 0.15) is 39.3 Å². The number of quaternary nitrogens is 1. The number of rotatable bonds is 4. The maximum atomic E-state index is 12.2. The number of benzene rings is 3. The van der Waals surface area contributed by atoms with Crippen LogP contribution in [0.25, 0.3) is 11.0 Å². The van der Waals surface area contributed by atoms with Crippen molar-refractivity contribution >= 4 is 11.0 Å². The topological polar surface area (TPSA) is 43.9 Å². The first-order valence-electron chi connectivity index (χ1n) is 11.2. The molecular formula is C28H28NO3+. The van der Waals surface area contributed by atoms with Crippen LogP contribution in [0.2, 0.25) is 0 Å². The maximum Gasteiger partial charge on any atom is 0.339 e. The number of hydrogen-bond acceptors (Lipinski definition) is 3. The quantitative estimate of drug-likeness (QED) is 0.495. The molecule has 1 aliphatic rings. The van der Waals surface area contributed by atoms with Crippen molar-refractivity contribution in [3.63, 3.8) is 0 Å². The van der Waals surface area contributed by atoms with Gasteiger partial charge in [-0.2, -0.15) is 0 Å². The van der Waals surface area contributed by atoms with Crippen molar-refractivity contribution in [2.24, 2.45) is 0 Å². The molecule has 2 heterocycles.